The Morgan fingerprint density at radius 3 is 1.92 bits per heavy atom. The van der Waals surface area contributed by atoms with Crippen molar-refractivity contribution in [2.45, 2.75) is 6.04 Å². The Balaban J connectivity index is 2.40. The van der Waals surface area contributed by atoms with Crippen LogP contribution in [-0.2, 0) is 14.3 Å². The highest BCUT2D eigenvalue weighted by molar-refractivity contribution is 6.07. The lowest BCUT2D eigenvalue weighted by Gasteiger charge is -2.28. The van der Waals surface area contributed by atoms with Gasteiger partial charge in [-0.05, 0) is 17.2 Å². The summed E-state index contributed by atoms with van der Waals surface area (Å²) >= 11 is 0. The summed E-state index contributed by atoms with van der Waals surface area (Å²) in [7, 11) is 3.22. The van der Waals surface area contributed by atoms with Crippen molar-refractivity contribution in [2.75, 3.05) is 14.2 Å². The van der Waals surface area contributed by atoms with E-state index < -0.39 is 11.5 Å². The van der Waals surface area contributed by atoms with Crippen molar-refractivity contribution in [1.29, 1.82) is 0 Å². The molecule has 0 fully saturated rings. The highest BCUT2D eigenvalue weighted by Gasteiger charge is 2.17. The molecule has 5 nitrogen and oxygen atoms in total. The van der Waals surface area contributed by atoms with Crippen LogP contribution in [0.3, 0.4) is 0 Å². The maximum atomic E-state index is 11.1. The lowest BCUT2D eigenvalue weighted by Crippen LogP contribution is -2.20. The van der Waals surface area contributed by atoms with Gasteiger partial charge in [0.1, 0.15) is 11.3 Å². The summed E-state index contributed by atoms with van der Waals surface area (Å²) in [6.45, 7) is 0. The SMILES string of the molecule is COC(/C=C\N(C)C(c1ccccc1)c1ccccc1)=C(/C=O)C(=O)O. The van der Waals surface area contributed by atoms with Gasteiger partial charge in [-0.25, -0.2) is 4.79 Å². The number of allylic oxidation sites excluding steroid dienone is 1. The minimum atomic E-state index is -1.33. The lowest BCUT2D eigenvalue weighted by atomic mass is 9.98. The van der Waals surface area contributed by atoms with Crippen LogP contribution in [0.4, 0.5) is 0 Å². The highest BCUT2D eigenvalue weighted by atomic mass is 16.5. The number of carbonyl (C=O) groups is 2. The average Bonchev–Trinajstić information content (AvgIpc) is 2.66. The van der Waals surface area contributed by atoms with E-state index in [0.717, 1.165) is 11.1 Å². The van der Waals surface area contributed by atoms with Crippen molar-refractivity contribution in [2.24, 2.45) is 0 Å². The number of aldehydes is 1. The maximum absolute atomic E-state index is 11.1. The van der Waals surface area contributed by atoms with Crippen LogP contribution in [-0.4, -0.2) is 36.4 Å². The molecule has 0 unspecified atom stereocenters. The number of nitrogens with zero attached hydrogens (tertiary/aromatic N) is 1. The number of hydrogen-bond donors (Lipinski definition) is 1. The molecule has 134 valence electrons. The molecule has 0 aliphatic rings. The first-order valence-corrected chi connectivity index (χ1v) is 8.05. The monoisotopic (exact) mass is 351 g/mol. The van der Waals surface area contributed by atoms with E-state index in [2.05, 4.69) is 0 Å². The molecule has 0 bridgehead atoms. The number of carboxylic acids is 1. The molecule has 2 aromatic carbocycles. The summed E-state index contributed by atoms with van der Waals surface area (Å²) in [6, 6.07) is 19.8. The van der Waals surface area contributed by atoms with Crippen LogP contribution in [0, 0.1) is 0 Å². The third-order valence-electron chi connectivity index (χ3n) is 3.93. The van der Waals surface area contributed by atoms with Gasteiger partial charge in [0.15, 0.2) is 6.29 Å². The van der Waals surface area contributed by atoms with E-state index in [4.69, 9.17) is 9.84 Å². The smallest absolute Gasteiger partial charge is 0.342 e. The fourth-order valence-corrected chi connectivity index (χ4v) is 2.69. The second-order valence-electron chi connectivity index (χ2n) is 5.61. The van der Waals surface area contributed by atoms with E-state index in [9.17, 15) is 9.59 Å². The first-order chi connectivity index (χ1) is 12.6. The molecule has 0 saturated carbocycles. The number of methoxy groups -OCH3 is 1. The predicted molar refractivity (Wildman–Crippen MR) is 99.4 cm³/mol. The molecule has 0 amide bonds. The number of carboxylic acid groups (broad SMARTS) is 1. The van der Waals surface area contributed by atoms with Crippen molar-refractivity contribution >= 4 is 12.3 Å². The molecular weight excluding hydrogens is 330 g/mol. The van der Waals surface area contributed by atoms with Crippen molar-refractivity contribution in [3.63, 3.8) is 0 Å². The topological polar surface area (TPSA) is 66.8 Å². The van der Waals surface area contributed by atoms with Gasteiger partial charge >= 0.3 is 5.97 Å². The van der Waals surface area contributed by atoms with Crippen LogP contribution in [0.5, 0.6) is 0 Å². The van der Waals surface area contributed by atoms with E-state index >= 15 is 0 Å². The van der Waals surface area contributed by atoms with Gasteiger partial charge in [0, 0.05) is 13.2 Å². The Morgan fingerprint density at radius 1 is 1.04 bits per heavy atom. The van der Waals surface area contributed by atoms with E-state index in [-0.39, 0.29) is 18.1 Å². The zero-order valence-electron chi connectivity index (χ0n) is 14.7. The third-order valence-corrected chi connectivity index (χ3v) is 3.93. The molecule has 0 aliphatic heterocycles. The number of ether oxygens (including phenoxy) is 1. The molecule has 0 aromatic heterocycles. The Morgan fingerprint density at radius 2 is 1.54 bits per heavy atom. The van der Waals surface area contributed by atoms with Crippen LogP contribution in [0.2, 0.25) is 0 Å². The molecule has 0 atom stereocenters. The van der Waals surface area contributed by atoms with Gasteiger partial charge in [0.2, 0.25) is 0 Å². The summed E-state index contributed by atoms with van der Waals surface area (Å²) in [5, 5.41) is 9.09. The quantitative estimate of drug-likeness (QED) is 0.197. The van der Waals surface area contributed by atoms with Crippen LogP contribution in [0.1, 0.15) is 17.2 Å². The Bertz CT molecular complexity index is 758. The fourth-order valence-electron chi connectivity index (χ4n) is 2.69. The summed E-state index contributed by atoms with van der Waals surface area (Å²) < 4.78 is 5.06. The van der Waals surface area contributed by atoms with Crippen molar-refractivity contribution < 1.29 is 19.4 Å². The van der Waals surface area contributed by atoms with Crippen LogP contribution in [0.25, 0.3) is 0 Å². The molecule has 26 heavy (non-hydrogen) atoms. The first kappa shape index (κ1) is 19.0. The molecule has 0 aliphatic carbocycles. The predicted octanol–water partition coefficient (Wildman–Crippen LogP) is 3.41. The summed E-state index contributed by atoms with van der Waals surface area (Å²) in [5.41, 5.74) is 1.75. The zero-order chi connectivity index (χ0) is 18.9. The second kappa shape index (κ2) is 9.22. The molecule has 0 radical (unpaired) electrons. The Labute approximate surface area is 152 Å². The van der Waals surface area contributed by atoms with E-state index in [1.54, 1.807) is 6.20 Å². The van der Waals surface area contributed by atoms with Crippen LogP contribution < -0.4 is 0 Å². The molecule has 2 rings (SSSR count). The van der Waals surface area contributed by atoms with Gasteiger partial charge in [-0.15, -0.1) is 0 Å². The van der Waals surface area contributed by atoms with E-state index in [1.165, 1.54) is 13.2 Å². The van der Waals surface area contributed by atoms with Gasteiger partial charge in [-0.3, -0.25) is 4.79 Å². The number of rotatable bonds is 8. The average molecular weight is 351 g/mol. The van der Waals surface area contributed by atoms with Crippen LogP contribution >= 0.6 is 0 Å². The third kappa shape index (κ3) is 4.60. The second-order valence-corrected chi connectivity index (χ2v) is 5.61. The highest BCUT2D eigenvalue weighted by Crippen LogP contribution is 2.27. The van der Waals surface area contributed by atoms with E-state index in [0.29, 0.717) is 0 Å². The summed E-state index contributed by atoms with van der Waals surface area (Å²) in [4.78, 5) is 24.1. The van der Waals surface area contributed by atoms with Crippen LogP contribution in [0.15, 0.2) is 84.3 Å². The van der Waals surface area contributed by atoms with Gasteiger partial charge in [0.05, 0.1) is 13.2 Å². The Kier molecular flexibility index (Phi) is 6.74. The van der Waals surface area contributed by atoms with Gasteiger partial charge < -0.3 is 14.7 Å². The molecule has 1 N–H and O–H groups in total. The first-order valence-electron chi connectivity index (χ1n) is 8.05. The molecule has 0 spiro atoms. The maximum Gasteiger partial charge on any atom is 0.342 e. The Hall–Kier alpha value is -3.34. The number of hydrogen-bond acceptors (Lipinski definition) is 4. The molecule has 0 saturated heterocycles. The normalized spacial score (nSPS) is 12.0. The zero-order valence-corrected chi connectivity index (χ0v) is 14.7. The number of benzene rings is 2. The number of carbonyl (C=O) groups excluding carboxylic acids is 1. The largest absolute Gasteiger partial charge is 0.496 e. The van der Waals surface area contributed by atoms with Gasteiger partial charge in [0.25, 0.3) is 0 Å². The standard InChI is InChI=1S/C21H21NO4/c1-22(14-13-19(26-2)18(15-23)21(24)25)20(16-9-5-3-6-10-16)17-11-7-4-8-12-17/h3-15,20H,1-2H3,(H,24,25)/b14-13-,19-18-. The molecule has 5 heteroatoms. The van der Waals surface area contributed by atoms with Crippen molar-refractivity contribution in [3.8, 4) is 0 Å². The van der Waals surface area contributed by atoms with Gasteiger partial charge in [-0.2, -0.15) is 0 Å². The van der Waals surface area contributed by atoms with Gasteiger partial charge in [-0.1, -0.05) is 60.7 Å². The van der Waals surface area contributed by atoms with E-state index in [1.807, 2.05) is 72.6 Å². The number of aliphatic carboxylic acids is 1. The molecule has 2 aromatic rings. The van der Waals surface area contributed by atoms with Crippen molar-refractivity contribution in [1.82, 2.24) is 4.90 Å². The minimum Gasteiger partial charge on any atom is -0.496 e. The molecular formula is C21H21NO4. The summed E-state index contributed by atoms with van der Waals surface area (Å²) in [5.74, 6) is -1.33. The minimum absolute atomic E-state index is 0.000719. The lowest BCUT2D eigenvalue weighted by molar-refractivity contribution is -0.133. The van der Waals surface area contributed by atoms with Crippen molar-refractivity contribution in [3.05, 3.63) is 95.4 Å². The molecule has 0 heterocycles. The summed E-state index contributed by atoms with van der Waals surface area (Å²) in [6.07, 6.45) is 3.46. The fraction of sp³-hybridized carbons (Fsp3) is 0.143.